The zero-order valence-corrected chi connectivity index (χ0v) is 18.8. The predicted molar refractivity (Wildman–Crippen MR) is 126 cm³/mol. The summed E-state index contributed by atoms with van der Waals surface area (Å²) in [6.07, 6.45) is 7.02. The summed E-state index contributed by atoms with van der Waals surface area (Å²) in [5.74, 6) is 1.60. The topological polar surface area (TPSA) is 93.4 Å². The number of carbonyl (C=O) groups excluding carboxylic acids is 1. The molecule has 9 heteroatoms. The number of hydrogen-bond acceptors (Lipinski definition) is 6. The lowest BCUT2D eigenvalue weighted by atomic mass is 10.1. The van der Waals surface area contributed by atoms with Crippen LogP contribution >= 0.6 is 11.6 Å². The van der Waals surface area contributed by atoms with Gasteiger partial charge >= 0.3 is 6.09 Å². The van der Waals surface area contributed by atoms with Gasteiger partial charge in [-0.15, -0.1) is 0 Å². The monoisotopic (exact) mass is 462 g/mol. The molecule has 5 rings (SSSR count). The quantitative estimate of drug-likeness (QED) is 0.372. The first-order valence-corrected chi connectivity index (χ1v) is 11.2. The van der Waals surface area contributed by atoms with E-state index < -0.39 is 12.2 Å². The number of carbonyl (C=O) groups is 1. The molecule has 1 aromatic carbocycles. The van der Waals surface area contributed by atoms with E-state index >= 15 is 0 Å². The van der Waals surface area contributed by atoms with Crippen molar-refractivity contribution in [3.8, 4) is 0 Å². The Morgan fingerprint density at radius 3 is 2.85 bits per heavy atom. The zero-order valence-electron chi connectivity index (χ0n) is 18.0. The minimum Gasteiger partial charge on any atom is -0.441 e. The van der Waals surface area contributed by atoms with E-state index in [-0.39, 0.29) is 0 Å². The molecule has 0 unspecified atom stereocenters. The second-order valence-electron chi connectivity index (χ2n) is 8.10. The van der Waals surface area contributed by atoms with Gasteiger partial charge in [-0.3, -0.25) is 5.32 Å². The fourth-order valence-corrected chi connectivity index (χ4v) is 3.83. The molecule has 2 N–H and O–H groups in total. The molecule has 0 spiro atoms. The van der Waals surface area contributed by atoms with Crippen LogP contribution in [0.1, 0.15) is 48.6 Å². The standard InChI is InChI=1S/C24H23ClN6O2/c1-15(17-3-2-4-19(25)9-17)33-24(32)30-22-10-21(27-14-28-22)26-11-20-13-31-12-18(16-5-6-16)7-8-23(31)29-20/h2-4,7-10,12-16H,5-6,11H2,1H3,(H2,26,27,28,30,32)/t15-/m0/s1. The molecule has 8 nitrogen and oxygen atoms in total. The molecule has 168 valence electrons. The molecular weight excluding hydrogens is 440 g/mol. The highest BCUT2D eigenvalue weighted by atomic mass is 35.5. The van der Waals surface area contributed by atoms with Gasteiger partial charge in [-0.25, -0.2) is 19.7 Å². The largest absolute Gasteiger partial charge is 0.441 e. The average molecular weight is 463 g/mol. The molecular formula is C24H23ClN6O2. The summed E-state index contributed by atoms with van der Waals surface area (Å²) < 4.78 is 7.49. The van der Waals surface area contributed by atoms with E-state index in [0.29, 0.717) is 29.1 Å². The molecule has 0 saturated heterocycles. The SMILES string of the molecule is C[C@H](OC(=O)Nc1cc(NCc2cn3cc(C4CC4)ccc3n2)ncn1)c1cccc(Cl)c1. The number of halogens is 1. The normalized spacial score (nSPS) is 14.1. The van der Waals surface area contributed by atoms with Gasteiger partial charge in [0, 0.05) is 23.5 Å². The summed E-state index contributed by atoms with van der Waals surface area (Å²) in [6.45, 7) is 2.27. The Kier molecular flexibility index (Phi) is 5.83. The fraction of sp³-hybridized carbons (Fsp3) is 0.250. The van der Waals surface area contributed by atoms with E-state index in [1.165, 1.54) is 24.7 Å². The van der Waals surface area contributed by atoms with Crippen LogP contribution in [0.2, 0.25) is 5.02 Å². The van der Waals surface area contributed by atoms with Gasteiger partial charge in [0.15, 0.2) is 0 Å². The van der Waals surface area contributed by atoms with E-state index in [1.54, 1.807) is 25.1 Å². The van der Waals surface area contributed by atoms with Crippen molar-refractivity contribution in [1.82, 2.24) is 19.4 Å². The molecule has 1 atom stereocenters. The van der Waals surface area contributed by atoms with Gasteiger partial charge in [-0.1, -0.05) is 29.8 Å². The maximum Gasteiger partial charge on any atom is 0.413 e. The number of imidazole rings is 1. The Labute approximate surface area is 196 Å². The van der Waals surface area contributed by atoms with E-state index in [0.717, 1.165) is 16.9 Å². The Morgan fingerprint density at radius 2 is 2.03 bits per heavy atom. The highest BCUT2D eigenvalue weighted by Gasteiger charge is 2.23. The number of hydrogen-bond donors (Lipinski definition) is 2. The molecule has 3 heterocycles. The highest BCUT2D eigenvalue weighted by Crippen LogP contribution is 2.39. The zero-order chi connectivity index (χ0) is 22.8. The van der Waals surface area contributed by atoms with Crippen LogP contribution < -0.4 is 10.6 Å². The maximum atomic E-state index is 12.3. The summed E-state index contributed by atoms with van der Waals surface area (Å²) in [6, 6.07) is 13.1. The van der Waals surface area contributed by atoms with E-state index in [1.807, 2.05) is 18.3 Å². The van der Waals surface area contributed by atoms with Crippen molar-refractivity contribution < 1.29 is 9.53 Å². The highest BCUT2D eigenvalue weighted by molar-refractivity contribution is 6.30. The van der Waals surface area contributed by atoms with Crippen LogP contribution in [0.5, 0.6) is 0 Å². The van der Waals surface area contributed by atoms with E-state index in [9.17, 15) is 4.79 Å². The fourth-order valence-electron chi connectivity index (χ4n) is 3.63. The predicted octanol–water partition coefficient (Wildman–Crippen LogP) is 5.58. The summed E-state index contributed by atoms with van der Waals surface area (Å²) >= 11 is 6.01. The van der Waals surface area contributed by atoms with E-state index in [4.69, 9.17) is 16.3 Å². The first kappa shape index (κ1) is 21.2. The Hall–Kier alpha value is -3.65. The van der Waals surface area contributed by atoms with Gasteiger partial charge in [-0.05, 0) is 55.0 Å². The molecule has 4 aromatic rings. The lowest BCUT2D eigenvalue weighted by Crippen LogP contribution is -2.17. The van der Waals surface area contributed by atoms with Crippen molar-refractivity contribution in [2.75, 3.05) is 10.6 Å². The van der Waals surface area contributed by atoms with Crippen LogP contribution in [0.25, 0.3) is 5.65 Å². The smallest absolute Gasteiger partial charge is 0.413 e. The van der Waals surface area contributed by atoms with Gasteiger partial charge < -0.3 is 14.5 Å². The molecule has 1 aliphatic carbocycles. The van der Waals surface area contributed by atoms with Crippen molar-refractivity contribution in [2.45, 2.75) is 38.3 Å². The van der Waals surface area contributed by atoms with Crippen molar-refractivity contribution in [2.24, 2.45) is 0 Å². The summed E-state index contributed by atoms with van der Waals surface area (Å²) in [5.41, 5.74) is 3.98. The molecule has 1 aliphatic rings. The number of nitrogens with zero attached hydrogens (tertiary/aromatic N) is 4. The number of aromatic nitrogens is 4. The van der Waals surface area contributed by atoms with Gasteiger partial charge in [-0.2, -0.15) is 0 Å². The summed E-state index contributed by atoms with van der Waals surface area (Å²) in [5, 5.41) is 6.45. The van der Waals surface area contributed by atoms with Crippen LogP contribution in [0.3, 0.4) is 0 Å². The first-order chi connectivity index (χ1) is 16.0. The van der Waals surface area contributed by atoms with Gasteiger partial charge in [0.25, 0.3) is 0 Å². The average Bonchev–Trinajstić information content (AvgIpc) is 3.57. The lowest BCUT2D eigenvalue weighted by molar-refractivity contribution is 0.121. The molecule has 1 fully saturated rings. The Balaban J connectivity index is 1.18. The van der Waals surface area contributed by atoms with Crippen LogP contribution in [0.15, 0.2) is 61.2 Å². The van der Waals surface area contributed by atoms with Crippen LogP contribution in [-0.2, 0) is 11.3 Å². The third-order valence-corrected chi connectivity index (χ3v) is 5.76. The third kappa shape index (κ3) is 5.23. The van der Waals surface area contributed by atoms with Gasteiger partial charge in [0.2, 0.25) is 0 Å². The third-order valence-electron chi connectivity index (χ3n) is 5.52. The van der Waals surface area contributed by atoms with Gasteiger partial charge in [0.05, 0.1) is 12.2 Å². The molecule has 0 radical (unpaired) electrons. The number of pyridine rings is 1. The Bertz CT molecular complexity index is 1300. The molecule has 0 bridgehead atoms. The second-order valence-corrected chi connectivity index (χ2v) is 8.54. The minimum atomic E-state index is -0.612. The number of nitrogens with one attached hydrogen (secondary N) is 2. The van der Waals surface area contributed by atoms with Crippen LogP contribution in [-0.4, -0.2) is 25.4 Å². The number of benzene rings is 1. The first-order valence-electron chi connectivity index (χ1n) is 10.8. The van der Waals surface area contributed by atoms with Gasteiger partial charge in [0.1, 0.15) is 29.7 Å². The van der Waals surface area contributed by atoms with Crippen molar-refractivity contribution in [3.05, 3.63) is 83.0 Å². The Morgan fingerprint density at radius 1 is 1.18 bits per heavy atom. The number of fused-ring (bicyclic) bond motifs is 1. The summed E-state index contributed by atoms with van der Waals surface area (Å²) in [4.78, 5) is 25.2. The number of rotatable bonds is 7. The van der Waals surface area contributed by atoms with Crippen molar-refractivity contribution in [3.63, 3.8) is 0 Å². The lowest BCUT2D eigenvalue weighted by Gasteiger charge is -2.14. The molecule has 3 aromatic heterocycles. The number of amides is 1. The van der Waals surface area contributed by atoms with Crippen LogP contribution in [0.4, 0.5) is 16.4 Å². The molecule has 0 aliphatic heterocycles. The molecule has 1 amide bonds. The van der Waals surface area contributed by atoms with Crippen molar-refractivity contribution >= 4 is 35.0 Å². The molecule has 1 saturated carbocycles. The minimum absolute atomic E-state index is 0.333. The maximum absolute atomic E-state index is 12.3. The number of ether oxygens (including phenoxy) is 1. The second kappa shape index (κ2) is 9.07. The van der Waals surface area contributed by atoms with Crippen LogP contribution in [0, 0.1) is 0 Å². The van der Waals surface area contributed by atoms with E-state index in [2.05, 4.69) is 48.3 Å². The number of anilines is 2. The summed E-state index contributed by atoms with van der Waals surface area (Å²) in [7, 11) is 0. The van der Waals surface area contributed by atoms with Crippen molar-refractivity contribution in [1.29, 1.82) is 0 Å². The molecule has 33 heavy (non-hydrogen) atoms.